The summed E-state index contributed by atoms with van der Waals surface area (Å²) in [5, 5.41) is 2.38. The smallest absolute Gasteiger partial charge is 0.0806 e. The Morgan fingerprint density at radius 2 is 2.14 bits per heavy atom. The van der Waals surface area contributed by atoms with E-state index in [1.54, 1.807) is 0 Å². The first-order valence-electron chi connectivity index (χ1n) is 4.19. The molecule has 1 aromatic carbocycles. The fraction of sp³-hybridized carbons (Fsp3) is 0.100. The van der Waals surface area contributed by atoms with Crippen molar-refractivity contribution in [3.05, 3.63) is 36.0 Å². The lowest BCUT2D eigenvalue weighted by molar-refractivity contribution is 0.566. The van der Waals surface area contributed by atoms with Crippen LogP contribution in [0.2, 0.25) is 0 Å². The number of rotatable bonds is 1. The van der Waals surface area contributed by atoms with Crippen molar-refractivity contribution in [3.63, 3.8) is 0 Å². The van der Waals surface area contributed by atoms with Crippen LogP contribution in [0.3, 0.4) is 0 Å². The van der Waals surface area contributed by atoms with Crippen LogP contribution in [-0.2, 0) is 9.80 Å². The highest BCUT2D eigenvalue weighted by Gasteiger charge is 1.99. The Kier molecular flexibility index (Phi) is 2.09. The largest absolute Gasteiger partial charge is 0.354 e. The van der Waals surface area contributed by atoms with E-state index >= 15 is 0 Å². The zero-order valence-corrected chi connectivity index (χ0v) is 8.54. The Balaban J connectivity index is 2.62. The van der Waals surface area contributed by atoms with Crippen molar-refractivity contribution in [2.75, 3.05) is 6.26 Å². The monoisotopic (exact) mass is 209 g/mol. The summed E-state index contributed by atoms with van der Waals surface area (Å²) in [6.07, 6.45) is 1.29. The number of benzene rings is 1. The molecule has 0 aliphatic heterocycles. The molecular weight excluding hydrogens is 198 g/mol. The van der Waals surface area contributed by atoms with Crippen molar-refractivity contribution in [3.8, 4) is 0 Å². The molecule has 2 aromatic rings. The van der Waals surface area contributed by atoms with Gasteiger partial charge in [0.2, 0.25) is 0 Å². The number of aromatic amines is 1. The van der Waals surface area contributed by atoms with Gasteiger partial charge in [-0.3, -0.25) is 0 Å². The molecule has 2 N–H and O–H groups in total. The Morgan fingerprint density at radius 3 is 2.79 bits per heavy atom. The van der Waals surface area contributed by atoms with Gasteiger partial charge in [-0.2, -0.15) is 0 Å². The van der Waals surface area contributed by atoms with Gasteiger partial charge in [0.1, 0.15) is 0 Å². The van der Waals surface area contributed by atoms with Crippen molar-refractivity contribution < 1.29 is 8.76 Å². The second-order valence-electron chi connectivity index (χ2n) is 3.29. The molecule has 0 fully saturated rings. The molecule has 0 saturated heterocycles. The molecule has 3 nitrogen and oxygen atoms in total. The predicted molar refractivity (Wildman–Crippen MR) is 60.2 cm³/mol. The minimum atomic E-state index is -2.83. The van der Waals surface area contributed by atoms with Gasteiger partial charge in [0.25, 0.3) is 0 Å². The van der Waals surface area contributed by atoms with E-state index in [0.29, 0.717) is 5.69 Å². The van der Waals surface area contributed by atoms with Gasteiger partial charge in [0, 0.05) is 28.2 Å². The average Bonchev–Trinajstić information content (AvgIpc) is 2.42. The van der Waals surface area contributed by atoms with Crippen LogP contribution in [0, 0.1) is 0 Å². The third-order valence-electron chi connectivity index (χ3n) is 1.90. The molecule has 0 radical (unpaired) electrons. The zero-order valence-electron chi connectivity index (χ0n) is 7.73. The minimum Gasteiger partial charge on any atom is -0.354 e. The van der Waals surface area contributed by atoms with Gasteiger partial charge in [0.05, 0.1) is 9.80 Å². The maximum Gasteiger partial charge on any atom is 0.0806 e. The quantitative estimate of drug-likeness (QED) is 0.702. The standard InChI is InChI=1S/C10H11NO2S/c1-14(12,13)7-9-6-8-4-2-3-5-10(8)11-9/h2-7,11H,1H3,(H,12,13). The van der Waals surface area contributed by atoms with Crippen LogP contribution in [0.15, 0.2) is 30.3 Å². The van der Waals surface area contributed by atoms with Gasteiger partial charge < -0.3 is 9.54 Å². The summed E-state index contributed by atoms with van der Waals surface area (Å²) in [4.78, 5) is 3.06. The van der Waals surface area contributed by atoms with Gasteiger partial charge in [-0.25, -0.2) is 4.21 Å². The average molecular weight is 209 g/mol. The number of aromatic nitrogens is 1. The topological polar surface area (TPSA) is 53.1 Å². The number of para-hydroxylation sites is 1. The number of nitrogens with one attached hydrogen (secondary N) is 1. The van der Waals surface area contributed by atoms with Gasteiger partial charge in [-0.05, 0) is 12.1 Å². The minimum absolute atomic E-state index is 0.682. The fourth-order valence-corrected chi connectivity index (χ4v) is 1.99. The molecule has 14 heavy (non-hydrogen) atoms. The maximum absolute atomic E-state index is 11.1. The molecule has 0 spiro atoms. The van der Waals surface area contributed by atoms with Gasteiger partial charge in [-0.1, -0.05) is 18.2 Å². The molecule has 1 unspecified atom stereocenters. The molecule has 0 aliphatic rings. The van der Waals surface area contributed by atoms with Crippen LogP contribution in [0.25, 0.3) is 10.9 Å². The molecule has 0 saturated carbocycles. The SMILES string of the molecule is CS(=O)(O)=Cc1cc2ccccc2[nH]1. The van der Waals surface area contributed by atoms with E-state index in [2.05, 4.69) is 4.98 Å². The molecule has 74 valence electrons. The Morgan fingerprint density at radius 1 is 1.43 bits per heavy atom. The third kappa shape index (κ3) is 1.97. The summed E-state index contributed by atoms with van der Waals surface area (Å²) in [5.74, 6) is 0. The first-order chi connectivity index (χ1) is 6.54. The normalized spacial score (nSPS) is 15.3. The van der Waals surface area contributed by atoms with Crippen LogP contribution in [0.4, 0.5) is 0 Å². The molecule has 1 heterocycles. The third-order valence-corrected chi connectivity index (χ3v) is 2.59. The summed E-state index contributed by atoms with van der Waals surface area (Å²) in [6.45, 7) is 0. The predicted octanol–water partition coefficient (Wildman–Crippen LogP) is 1.71. The van der Waals surface area contributed by atoms with Crippen molar-refractivity contribution in [1.82, 2.24) is 4.98 Å². The van der Waals surface area contributed by atoms with Crippen molar-refractivity contribution in [1.29, 1.82) is 0 Å². The van der Waals surface area contributed by atoms with Crippen LogP contribution >= 0.6 is 0 Å². The number of hydrogen-bond acceptors (Lipinski definition) is 1. The molecule has 2 rings (SSSR count). The highest BCUT2D eigenvalue weighted by atomic mass is 32.2. The summed E-state index contributed by atoms with van der Waals surface area (Å²) < 4.78 is 20.3. The van der Waals surface area contributed by atoms with E-state index in [0.717, 1.165) is 10.9 Å². The molecule has 0 bridgehead atoms. The van der Waals surface area contributed by atoms with Crippen molar-refractivity contribution in [2.24, 2.45) is 0 Å². The van der Waals surface area contributed by atoms with Crippen LogP contribution in [0.5, 0.6) is 0 Å². The van der Waals surface area contributed by atoms with E-state index in [1.807, 2.05) is 30.3 Å². The van der Waals surface area contributed by atoms with E-state index in [4.69, 9.17) is 4.55 Å². The van der Waals surface area contributed by atoms with E-state index in [1.165, 1.54) is 11.6 Å². The summed E-state index contributed by atoms with van der Waals surface area (Å²) in [6, 6.07) is 9.60. The second kappa shape index (κ2) is 3.15. The van der Waals surface area contributed by atoms with Crippen LogP contribution in [0.1, 0.15) is 5.69 Å². The van der Waals surface area contributed by atoms with Crippen LogP contribution < -0.4 is 0 Å². The molecule has 0 aliphatic carbocycles. The molecule has 1 atom stereocenters. The number of fused-ring (bicyclic) bond motifs is 1. The zero-order chi connectivity index (χ0) is 10.2. The molecule has 4 heteroatoms. The Bertz CT molecular complexity index is 536. The number of H-pyrrole nitrogens is 1. The number of hydrogen-bond donors (Lipinski definition) is 2. The maximum atomic E-state index is 11.1. The Labute approximate surface area is 82.6 Å². The van der Waals surface area contributed by atoms with Crippen molar-refractivity contribution >= 4 is 26.1 Å². The highest BCUT2D eigenvalue weighted by Crippen LogP contribution is 2.13. The molecule has 1 aromatic heterocycles. The molecular formula is C10H11NO2S. The first-order valence-corrected chi connectivity index (χ1v) is 6.17. The van der Waals surface area contributed by atoms with E-state index in [-0.39, 0.29) is 0 Å². The summed E-state index contributed by atoms with van der Waals surface area (Å²) >= 11 is 0. The van der Waals surface area contributed by atoms with E-state index < -0.39 is 9.80 Å². The first kappa shape index (κ1) is 9.30. The van der Waals surface area contributed by atoms with E-state index in [9.17, 15) is 4.21 Å². The van der Waals surface area contributed by atoms with Gasteiger partial charge >= 0.3 is 0 Å². The summed E-state index contributed by atoms with van der Waals surface area (Å²) in [5.41, 5.74) is 1.66. The lowest BCUT2D eigenvalue weighted by Crippen LogP contribution is -1.99. The van der Waals surface area contributed by atoms with Gasteiger partial charge in [0.15, 0.2) is 0 Å². The molecule has 0 amide bonds. The fourth-order valence-electron chi connectivity index (χ4n) is 1.39. The highest BCUT2D eigenvalue weighted by molar-refractivity contribution is 7.95. The second-order valence-corrected chi connectivity index (χ2v) is 5.25. The lowest BCUT2D eigenvalue weighted by Gasteiger charge is -1.90. The Hall–Kier alpha value is -1.26. The van der Waals surface area contributed by atoms with Crippen LogP contribution in [-0.4, -0.2) is 25.4 Å². The summed E-state index contributed by atoms with van der Waals surface area (Å²) in [7, 11) is -2.83. The van der Waals surface area contributed by atoms with Crippen molar-refractivity contribution in [2.45, 2.75) is 0 Å². The van der Waals surface area contributed by atoms with Gasteiger partial charge in [-0.15, -0.1) is 0 Å². The lowest BCUT2D eigenvalue weighted by atomic mass is 10.2.